The van der Waals surface area contributed by atoms with Crippen molar-refractivity contribution in [3.8, 4) is 16.9 Å². The average Bonchev–Trinajstić information content (AvgIpc) is 3.07. The second kappa shape index (κ2) is 7.09. The summed E-state index contributed by atoms with van der Waals surface area (Å²) >= 11 is 0. The van der Waals surface area contributed by atoms with Gasteiger partial charge in [-0.15, -0.1) is 0 Å². The van der Waals surface area contributed by atoms with Gasteiger partial charge in [0, 0.05) is 16.7 Å². The van der Waals surface area contributed by atoms with E-state index in [0.717, 1.165) is 33.7 Å². The number of pyridine rings is 1. The molecule has 0 radical (unpaired) electrons. The fourth-order valence-corrected chi connectivity index (χ4v) is 3.75. The zero-order valence-electron chi connectivity index (χ0n) is 19.1. The molecule has 30 heavy (non-hydrogen) atoms. The van der Waals surface area contributed by atoms with Crippen LogP contribution in [0.3, 0.4) is 0 Å². The predicted octanol–water partition coefficient (Wildman–Crippen LogP) is 6.99. The summed E-state index contributed by atoms with van der Waals surface area (Å²) in [6.07, 6.45) is 0. The lowest BCUT2D eigenvalue weighted by atomic mass is 9.81. The average molecular weight is 398 g/mol. The standard InChI is InChI=1S/C27H31N3/c1-18-13-15-19(16-14-18)24-23-21(26(2,3)4)17-22(27(5,6)7)28-25(23)30(29-24)20-11-9-8-10-12-20/h8-17H,1-7H3. The van der Waals surface area contributed by atoms with Gasteiger partial charge in [-0.3, -0.25) is 0 Å². The van der Waals surface area contributed by atoms with E-state index in [1.54, 1.807) is 0 Å². The van der Waals surface area contributed by atoms with Crippen LogP contribution in [0.15, 0.2) is 60.7 Å². The van der Waals surface area contributed by atoms with Crippen molar-refractivity contribution >= 4 is 11.0 Å². The van der Waals surface area contributed by atoms with Crippen LogP contribution in [0, 0.1) is 6.92 Å². The Morgan fingerprint density at radius 3 is 1.97 bits per heavy atom. The highest BCUT2D eigenvalue weighted by Crippen LogP contribution is 2.39. The van der Waals surface area contributed by atoms with Crippen LogP contribution in [0.1, 0.15) is 58.4 Å². The molecule has 2 aromatic carbocycles. The molecule has 0 aliphatic rings. The van der Waals surface area contributed by atoms with Crippen molar-refractivity contribution in [1.82, 2.24) is 14.8 Å². The molecule has 3 nitrogen and oxygen atoms in total. The summed E-state index contributed by atoms with van der Waals surface area (Å²) in [6.45, 7) is 15.6. The Morgan fingerprint density at radius 1 is 0.767 bits per heavy atom. The molecule has 0 saturated heterocycles. The number of nitrogens with zero attached hydrogens (tertiary/aromatic N) is 3. The topological polar surface area (TPSA) is 30.7 Å². The lowest BCUT2D eigenvalue weighted by Crippen LogP contribution is -2.19. The highest BCUT2D eigenvalue weighted by molar-refractivity contribution is 5.95. The number of benzene rings is 2. The molecule has 0 N–H and O–H groups in total. The van der Waals surface area contributed by atoms with Crippen molar-refractivity contribution in [2.45, 2.75) is 59.3 Å². The van der Waals surface area contributed by atoms with Gasteiger partial charge < -0.3 is 0 Å². The van der Waals surface area contributed by atoms with Gasteiger partial charge in [0.05, 0.1) is 11.1 Å². The van der Waals surface area contributed by atoms with Crippen LogP contribution in [0.2, 0.25) is 0 Å². The first-order chi connectivity index (χ1) is 14.1. The quantitative estimate of drug-likeness (QED) is 0.365. The second-order valence-electron chi connectivity index (χ2n) is 10.2. The van der Waals surface area contributed by atoms with Crippen molar-refractivity contribution < 1.29 is 0 Å². The zero-order valence-corrected chi connectivity index (χ0v) is 19.1. The molecule has 0 unspecified atom stereocenters. The second-order valence-corrected chi connectivity index (χ2v) is 10.2. The van der Waals surface area contributed by atoms with E-state index in [9.17, 15) is 0 Å². The third-order valence-corrected chi connectivity index (χ3v) is 5.54. The van der Waals surface area contributed by atoms with Gasteiger partial charge in [-0.05, 0) is 36.1 Å². The normalized spacial score (nSPS) is 12.5. The number of fused-ring (bicyclic) bond motifs is 1. The van der Waals surface area contributed by atoms with E-state index in [1.807, 2.05) is 22.9 Å². The Labute approximate surface area is 179 Å². The van der Waals surface area contributed by atoms with Crippen molar-refractivity contribution in [1.29, 1.82) is 0 Å². The Kier molecular flexibility index (Phi) is 4.80. The van der Waals surface area contributed by atoms with Crippen molar-refractivity contribution in [3.63, 3.8) is 0 Å². The van der Waals surface area contributed by atoms with Gasteiger partial charge in [0.25, 0.3) is 0 Å². The molecule has 0 bridgehead atoms. The molecule has 0 aliphatic carbocycles. The smallest absolute Gasteiger partial charge is 0.164 e. The van der Waals surface area contributed by atoms with Crippen LogP contribution < -0.4 is 0 Å². The summed E-state index contributed by atoms with van der Waals surface area (Å²) in [7, 11) is 0. The SMILES string of the molecule is Cc1ccc(-c2nn(-c3ccccc3)c3nc(C(C)(C)C)cc(C(C)(C)C)c23)cc1. The maximum atomic E-state index is 5.16. The number of para-hydroxylation sites is 1. The summed E-state index contributed by atoms with van der Waals surface area (Å²) < 4.78 is 2.01. The fourth-order valence-electron chi connectivity index (χ4n) is 3.75. The van der Waals surface area contributed by atoms with Crippen LogP contribution in [-0.4, -0.2) is 14.8 Å². The summed E-state index contributed by atoms with van der Waals surface area (Å²) in [5.74, 6) is 0. The lowest BCUT2D eigenvalue weighted by Gasteiger charge is -2.25. The number of aryl methyl sites for hydroxylation is 1. The number of hydrogen-bond acceptors (Lipinski definition) is 2. The minimum Gasteiger partial charge on any atom is -0.232 e. The van der Waals surface area contributed by atoms with Crippen molar-refractivity contribution in [2.24, 2.45) is 0 Å². The number of aromatic nitrogens is 3. The van der Waals surface area contributed by atoms with E-state index >= 15 is 0 Å². The maximum absolute atomic E-state index is 5.16. The molecule has 0 saturated carbocycles. The van der Waals surface area contributed by atoms with Gasteiger partial charge in [-0.25, -0.2) is 9.67 Å². The van der Waals surface area contributed by atoms with E-state index in [2.05, 4.69) is 90.9 Å². The van der Waals surface area contributed by atoms with Crippen LogP contribution in [0.5, 0.6) is 0 Å². The Bertz CT molecular complexity index is 1190. The summed E-state index contributed by atoms with van der Waals surface area (Å²) in [4.78, 5) is 5.16. The van der Waals surface area contributed by atoms with E-state index in [-0.39, 0.29) is 10.8 Å². The molecule has 0 amide bonds. The van der Waals surface area contributed by atoms with Gasteiger partial charge in [0.2, 0.25) is 0 Å². The Morgan fingerprint density at radius 2 is 1.40 bits per heavy atom. The van der Waals surface area contributed by atoms with Crippen LogP contribution in [0.4, 0.5) is 0 Å². The summed E-state index contributed by atoms with van der Waals surface area (Å²) in [5, 5.41) is 6.25. The molecule has 2 aromatic heterocycles. The summed E-state index contributed by atoms with van der Waals surface area (Å²) in [5.41, 5.74) is 7.60. The predicted molar refractivity (Wildman–Crippen MR) is 126 cm³/mol. The van der Waals surface area contributed by atoms with Gasteiger partial charge >= 0.3 is 0 Å². The van der Waals surface area contributed by atoms with E-state index in [0.29, 0.717) is 0 Å². The van der Waals surface area contributed by atoms with Gasteiger partial charge in [-0.1, -0.05) is 89.6 Å². The third-order valence-electron chi connectivity index (χ3n) is 5.54. The van der Waals surface area contributed by atoms with E-state index in [4.69, 9.17) is 10.1 Å². The highest BCUT2D eigenvalue weighted by Gasteiger charge is 2.28. The molecule has 0 aliphatic heterocycles. The molecule has 4 rings (SSSR count). The highest BCUT2D eigenvalue weighted by atomic mass is 15.3. The first-order valence-corrected chi connectivity index (χ1v) is 10.6. The maximum Gasteiger partial charge on any atom is 0.164 e. The molecule has 0 fully saturated rings. The minimum absolute atomic E-state index is 0.0365. The van der Waals surface area contributed by atoms with Crippen LogP contribution >= 0.6 is 0 Å². The minimum atomic E-state index is -0.0516. The molecule has 3 heteroatoms. The molecule has 0 atom stereocenters. The molecule has 0 spiro atoms. The Balaban J connectivity index is 2.15. The molecule has 2 heterocycles. The lowest BCUT2D eigenvalue weighted by molar-refractivity contribution is 0.557. The van der Waals surface area contributed by atoms with Gasteiger partial charge in [0.1, 0.15) is 5.69 Å². The first-order valence-electron chi connectivity index (χ1n) is 10.6. The number of rotatable bonds is 2. The summed E-state index contributed by atoms with van der Waals surface area (Å²) in [6, 6.07) is 21.2. The molecular weight excluding hydrogens is 366 g/mol. The van der Waals surface area contributed by atoms with Crippen LogP contribution in [-0.2, 0) is 10.8 Å². The van der Waals surface area contributed by atoms with Crippen molar-refractivity contribution in [2.75, 3.05) is 0 Å². The fraction of sp³-hybridized carbons (Fsp3) is 0.333. The molecule has 154 valence electrons. The van der Waals surface area contributed by atoms with E-state index in [1.165, 1.54) is 11.1 Å². The van der Waals surface area contributed by atoms with Crippen molar-refractivity contribution in [3.05, 3.63) is 77.5 Å². The van der Waals surface area contributed by atoms with Gasteiger partial charge in [0.15, 0.2) is 5.65 Å². The first kappa shape index (κ1) is 20.3. The van der Waals surface area contributed by atoms with E-state index < -0.39 is 0 Å². The molecule has 4 aromatic rings. The zero-order chi connectivity index (χ0) is 21.7. The largest absolute Gasteiger partial charge is 0.232 e. The monoisotopic (exact) mass is 397 g/mol. The third kappa shape index (κ3) is 3.65. The molecular formula is C27H31N3. The van der Waals surface area contributed by atoms with Crippen LogP contribution in [0.25, 0.3) is 28.0 Å². The van der Waals surface area contributed by atoms with Gasteiger partial charge in [-0.2, -0.15) is 5.10 Å². The Hall–Kier alpha value is -2.94. The number of hydrogen-bond donors (Lipinski definition) is 0.